The molecule has 2 aromatic carbocycles. The Labute approximate surface area is 249 Å². The fraction of sp³-hybridized carbons (Fsp3) is 0.441. The highest BCUT2D eigenvalue weighted by molar-refractivity contribution is 5.91. The molecule has 0 radical (unpaired) electrons. The van der Waals surface area contributed by atoms with Crippen LogP contribution in [0, 0.1) is 5.41 Å². The average molecular weight is 577 g/mol. The lowest BCUT2D eigenvalue weighted by molar-refractivity contribution is -0.152. The maximum atomic E-state index is 14.1. The van der Waals surface area contributed by atoms with Crippen LogP contribution in [0.1, 0.15) is 57.6 Å². The molecule has 3 rings (SSSR count). The van der Waals surface area contributed by atoms with Crippen molar-refractivity contribution in [2.45, 2.75) is 64.1 Å². The predicted molar refractivity (Wildman–Crippen MR) is 165 cm³/mol. The third-order valence-electron chi connectivity index (χ3n) is 7.79. The van der Waals surface area contributed by atoms with E-state index >= 15 is 0 Å². The van der Waals surface area contributed by atoms with Crippen LogP contribution >= 0.6 is 0 Å². The molecule has 1 heterocycles. The van der Waals surface area contributed by atoms with Crippen LogP contribution in [-0.2, 0) is 29.4 Å². The fourth-order valence-corrected chi connectivity index (χ4v) is 5.35. The van der Waals surface area contributed by atoms with E-state index in [1.165, 1.54) is 12.0 Å². The SMILES string of the molecule is C=CCCCCOC(=O)N[C@H](C(=O)N1C[C@](OC)(c2ccc(-c3ccccc3C=C)cc2)C[C@H]1C(=O)OC)C(C)(C)C. The largest absolute Gasteiger partial charge is 0.467 e. The molecule has 8 nitrogen and oxygen atoms in total. The first-order valence-electron chi connectivity index (χ1n) is 14.3. The summed E-state index contributed by atoms with van der Waals surface area (Å²) in [5.41, 5.74) is 2.28. The maximum absolute atomic E-state index is 14.1. The molecule has 0 unspecified atom stereocenters. The molecule has 2 aromatic rings. The van der Waals surface area contributed by atoms with E-state index in [9.17, 15) is 14.4 Å². The van der Waals surface area contributed by atoms with Crippen LogP contribution in [-0.4, -0.2) is 62.3 Å². The molecule has 3 atom stereocenters. The van der Waals surface area contributed by atoms with E-state index in [0.717, 1.165) is 35.1 Å². The van der Waals surface area contributed by atoms with Gasteiger partial charge in [-0.3, -0.25) is 4.79 Å². The van der Waals surface area contributed by atoms with Gasteiger partial charge in [0.25, 0.3) is 0 Å². The number of carbonyl (C=O) groups is 3. The molecular formula is C34H44N2O6. The minimum atomic E-state index is -0.959. The van der Waals surface area contributed by atoms with Gasteiger partial charge < -0.3 is 24.4 Å². The van der Waals surface area contributed by atoms with Crippen molar-refractivity contribution in [2.75, 3.05) is 27.4 Å². The van der Waals surface area contributed by atoms with Gasteiger partial charge in [0, 0.05) is 13.5 Å². The Hall–Kier alpha value is -3.91. The van der Waals surface area contributed by atoms with Gasteiger partial charge in [-0.2, -0.15) is 0 Å². The fourth-order valence-electron chi connectivity index (χ4n) is 5.35. The van der Waals surface area contributed by atoms with E-state index in [1.807, 2.05) is 81.5 Å². The Balaban J connectivity index is 1.88. The lowest BCUT2D eigenvalue weighted by Crippen LogP contribution is -2.57. The van der Waals surface area contributed by atoms with Crippen molar-refractivity contribution >= 4 is 24.0 Å². The number of benzene rings is 2. The summed E-state index contributed by atoms with van der Waals surface area (Å²) in [5.74, 6) is -0.951. The molecule has 226 valence electrons. The number of hydrogen-bond donors (Lipinski definition) is 1. The van der Waals surface area contributed by atoms with Gasteiger partial charge in [0.15, 0.2) is 0 Å². The van der Waals surface area contributed by atoms with Crippen LogP contribution in [0.3, 0.4) is 0 Å². The number of allylic oxidation sites excluding steroid dienone is 1. The van der Waals surface area contributed by atoms with Crippen molar-refractivity contribution in [3.63, 3.8) is 0 Å². The van der Waals surface area contributed by atoms with Crippen LogP contribution in [0.5, 0.6) is 0 Å². The Morgan fingerprint density at radius 3 is 2.36 bits per heavy atom. The minimum absolute atomic E-state index is 0.107. The first-order chi connectivity index (χ1) is 20.0. The number of rotatable bonds is 12. The zero-order chi connectivity index (χ0) is 30.9. The normalized spacial score (nSPS) is 19.1. The molecule has 0 bridgehead atoms. The monoisotopic (exact) mass is 576 g/mol. The van der Waals surface area contributed by atoms with E-state index in [-0.39, 0.29) is 19.6 Å². The van der Waals surface area contributed by atoms with Crippen molar-refractivity contribution in [1.82, 2.24) is 10.2 Å². The van der Waals surface area contributed by atoms with Gasteiger partial charge in [-0.15, -0.1) is 6.58 Å². The van der Waals surface area contributed by atoms with Gasteiger partial charge in [0.1, 0.15) is 17.7 Å². The summed E-state index contributed by atoms with van der Waals surface area (Å²) in [6.45, 7) is 13.5. The summed E-state index contributed by atoms with van der Waals surface area (Å²) in [5, 5.41) is 2.75. The van der Waals surface area contributed by atoms with Gasteiger partial charge in [0.2, 0.25) is 5.91 Å². The Bertz CT molecular complexity index is 1270. The summed E-state index contributed by atoms with van der Waals surface area (Å²) in [7, 11) is 2.87. The van der Waals surface area contributed by atoms with E-state index in [0.29, 0.717) is 6.42 Å². The highest BCUT2D eigenvalue weighted by Gasteiger charge is 2.53. The number of amides is 2. The second-order valence-corrected chi connectivity index (χ2v) is 11.6. The third-order valence-corrected chi connectivity index (χ3v) is 7.79. The smallest absolute Gasteiger partial charge is 0.407 e. The molecule has 8 heteroatoms. The Morgan fingerprint density at radius 1 is 1.07 bits per heavy atom. The number of ether oxygens (including phenoxy) is 3. The van der Waals surface area contributed by atoms with Crippen LogP contribution in [0.25, 0.3) is 17.2 Å². The number of alkyl carbamates (subject to hydrolysis) is 1. The van der Waals surface area contributed by atoms with Gasteiger partial charge in [-0.25, -0.2) is 9.59 Å². The molecule has 0 aliphatic carbocycles. The molecule has 1 fully saturated rings. The van der Waals surface area contributed by atoms with Crippen molar-refractivity contribution in [3.8, 4) is 11.1 Å². The number of hydrogen-bond acceptors (Lipinski definition) is 6. The van der Waals surface area contributed by atoms with Crippen LogP contribution in [0.2, 0.25) is 0 Å². The molecule has 1 aliphatic heterocycles. The lowest BCUT2D eigenvalue weighted by Gasteiger charge is -2.35. The van der Waals surface area contributed by atoms with Gasteiger partial charge in [-0.1, -0.05) is 88.0 Å². The van der Waals surface area contributed by atoms with Gasteiger partial charge in [-0.05, 0) is 46.9 Å². The standard InChI is InChI=1S/C34H44N2O6/c1-8-10-11-14-21-42-32(39)35-29(33(3,4)5)30(37)36-23-34(41-7,22-28(36)31(38)40-6)26-19-17-25(18-20-26)27-16-13-12-15-24(27)9-2/h8-9,12-13,15-20,28-29H,1-2,10-11,14,21-23H2,3-7H3,(H,35,39)/t28-,29+,34-/m0/s1. The van der Waals surface area contributed by atoms with Gasteiger partial charge >= 0.3 is 12.1 Å². The summed E-state index contributed by atoms with van der Waals surface area (Å²) < 4.78 is 16.5. The summed E-state index contributed by atoms with van der Waals surface area (Å²) >= 11 is 0. The highest BCUT2D eigenvalue weighted by atomic mass is 16.5. The number of methoxy groups -OCH3 is 2. The highest BCUT2D eigenvalue weighted by Crippen LogP contribution is 2.41. The number of likely N-dealkylation sites (tertiary alicyclic amines) is 1. The van der Waals surface area contributed by atoms with Crippen molar-refractivity contribution < 1.29 is 28.6 Å². The summed E-state index contributed by atoms with van der Waals surface area (Å²) in [6, 6.07) is 14.1. The maximum Gasteiger partial charge on any atom is 0.407 e. The van der Waals surface area contributed by atoms with Crippen LogP contribution in [0.4, 0.5) is 4.79 Å². The molecule has 0 saturated carbocycles. The van der Waals surface area contributed by atoms with E-state index in [2.05, 4.69) is 18.5 Å². The third kappa shape index (κ3) is 7.48. The number of esters is 1. The predicted octanol–water partition coefficient (Wildman–Crippen LogP) is 6.11. The second kappa shape index (κ2) is 14.3. The van der Waals surface area contributed by atoms with E-state index in [4.69, 9.17) is 14.2 Å². The number of carbonyl (C=O) groups excluding carboxylic acids is 3. The Morgan fingerprint density at radius 2 is 1.76 bits per heavy atom. The molecule has 42 heavy (non-hydrogen) atoms. The van der Waals surface area contributed by atoms with Crippen LogP contribution < -0.4 is 5.32 Å². The molecule has 1 N–H and O–H groups in total. The zero-order valence-corrected chi connectivity index (χ0v) is 25.5. The Kier molecular flexibility index (Phi) is 11.1. The number of nitrogens with one attached hydrogen (secondary N) is 1. The number of nitrogens with zero attached hydrogens (tertiary/aromatic N) is 1. The molecule has 2 amide bonds. The molecule has 0 spiro atoms. The first kappa shape index (κ1) is 32.6. The number of unbranched alkanes of at least 4 members (excludes halogenated alkanes) is 2. The summed E-state index contributed by atoms with van der Waals surface area (Å²) in [6.07, 6.45) is 5.55. The molecule has 1 aliphatic rings. The second-order valence-electron chi connectivity index (χ2n) is 11.6. The average Bonchev–Trinajstić information content (AvgIpc) is 3.40. The first-order valence-corrected chi connectivity index (χ1v) is 14.3. The summed E-state index contributed by atoms with van der Waals surface area (Å²) in [4.78, 5) is 41.2. The van der Waals surface area contributed by atoms with Crippen molar-refractivity contribution in [1.29, 1.82) is 0 Å². The van der Waals surface area contributed by atoms with Crippen LogP contribution in [0.15, 0.2) is 67.8 Å². The molecule has 0 aromatic heterocycles. The minimum Gasteiger partial charge on any atom is -0.467 e. The van der Waals surface area contributed by atoms with Crippen molar-refractivity contribution in [3.05, 3.63) is 78.9 Å². The van der Waals surface area contributed by atoms with E-state index < -0.39 is 41.1 Å². The van der Waals surface area contributed by atoms with Gasteiger partial charge in [0.05, 0.1) is 20.3 Å². The zero-order valence-electron chi connectivity index (χ0n) is 25.5. The quantitative estimate of drug-likeness (QED) is 0.186. The topological polar surface area (TPSA) is 94.2 Å². The van der Waals surface area contributed by atoms with E-state index in [1.54, 1.807) is 7.11 Å². The molecular weight excluding hydrogens is 532 g/mol. The van der Waals surface area contributed by atoms with Crippen molar-refractivity contribution in [2.24, 2.45) is 5.41 Å². The molecule has 1 saturated heterocycles. The lowest BCUT2D eigenvalue weighted by atomic mass is 9.85.